The normalized spacial score (nSPS) is 21.3. The molecule has 0 bridgehead atoms. The molecule has 0 radical (unpaired) electrons. The number of hydrogen-bond donors (Lipinski definition) is 1. The average Bonchev–Trinajstić information content (AvgIpc) is 1.72. The van der Waals surface area contributed by atoms with Crippen LogP contribution in [0.2, 0.25) is 0 Å². The van der Waals surface area contributed by atoms with Gasteiger partial charge in [-0.3, -0.25) is 4.99 Å². The van der Waals surface area contributed by atoms with Crippen molar-refractivity contribution in [3.05, 3.63) is 0 Å². The first-order valence-corrected chi connectivity index (χ1v) is 2.55. The van der Waals surface area contributed by atoms with E-state index < -0.39 is 0 Å². The maximum absolute atomic E-state index is 3.16. The first kappa shape index (κ1) is 3.85. The molecular weight excluding hydrogens is 79.0 g/mol. The zero-order valence-corrected chi connectivity index (χ0v) is 3.91. The molecule has 0 unspecified atom stereocenters. The fourth-order valence-electron chi connectivity index (χ4n) is 0.678. The number of nitrogens with one attached hydrogen (secondary N) is 1. The molecule has 0 amide bonds. The molecule has 1 N–H and O–H groups in total. The van der Waals surface area contributed by atoms with E-state index in [1.807, 2.05) is 0 Å². The van der Waals surface area contributed by atoms with Crippen molar-refractivity contribution in [2.45, 2.75) is 19.3 Å². The summed E-state index contributed by atoms with van der Waals surface area (Å²) in [4.78, 5) is 3.16. The van der Waals surface area contributed by atoms with Gasteiger partial charge in [-0.1, -0.05) is 0 Å². The van der Waals surface area contributed by atoms with Gasteiger partial charge in [0.1, 0.15) is 12.8 Å². The van der Waals surface area contributed by atoms with Gasteiger partial charge in [0.15, 0.2) is 0 Å². The third-order valence-electron chi connectivity index (χ3n) is 1.06. The minimum Gasteiger partial charge on any atom is -0.252 e. The fraction of sp³-hybridized carbons (Fsp3) is 0.800. The molecule has 1 nitrogen and oxygen atoms in total. The van der Waals surface area contributed by atoms with Crippen molar-refractivity contribution in [3.8, 4) is 0 Å². The number of hydrogen-bond acceptors (Lipinski definition) is 0. The van der Waals surface area contributed by atoms with Crippen LogP contribution >= 0.6 is 0 Å². The topological polar surface area (TPSA) is 14.0 Å². The smallest absolute Gasteiger partial charge is 0.140 e. The van der Waals surface area contributed by atoms with Gasteiger partial charge < -0.3 is 0 Å². The van der Waals surface area contributed by atoms with Crippen LogP contribution in [0.25, 0.3) is 0 Å². The maximum Gasteiger partial charge on any atom is 0.140 e. The molecule has 0 saturated heterocycles. The van der Waals surface area contributed by atoms with Crippen LogP contribution in [0.3, 0.4) is 0 Å². The summed E-state index contributed by atoms with van der Waals surface area (Å²) in [6, 6.07) is 0. The van der Waals surface area contributed by atoms with Crippen LogP contribution in [0.1, 0.15) is 19.3 Å². The van der Waals surface area contributed by atoms with E-state index in [1.165, 1.54) is 25.8 Å². The highest BCUT2D eigenvalue weighted by Gasteiger charge is 1.93. The number of rotatable bonds is 0. The molecule has 0 saturated carbocycles. The Kier molecular flexibility index (Phi) is 1.25. The summed E-state index contributed by atoms with van der Waals surface area (Å²) >= 11 is 0. The highest BCUT2D eigenvalue weighted by atomic mass is 15.6. The Morgan fingerprint density at radius 2 is 2.33 bits per heavy atom. The predicted molar refractivity (Wildman–Crippen MR) is 25.7 cm³/mol. The van der Waals surface area contributed by atoms with Gasteiger partial charge in [0.25, 0.3) is 0 Å². The minimum absolute atomic E-state index is 1.19. The van der Waals surface area contributed by atoms with E-state index in [0.29, 0.717) is 0 Å². The molecule has 1 heteroatoms. The molecule has 0 spiro atoms. The molecule has 0 aromatic rings. The summed E-state index contributed by atoms with van der Waals surface area (Å²) in [5.41, 5.74) is 0. The molecule has 0 aromatic heterocycles. The first-order valence-electron chi connectivity index (χ1n) is 2.55. The van der Waals surface area contributed by atoms with E-state index in [-0.39, 0.29) is 0 Å². The lowest BCUT2D eigenvalue weighted by atomic mass is 11.0. The molecule has 0 atom stereocenters. The van der Waals surface area contributed by atoms with Crippen LogP contribution in [0.4, 0.5) is 0 Å². The maximum atomic E-state index is 3.16. The largest absolute Gasteiger partial charge is 0.252 e. The molecule has 0 fully saturated rings. The van der Waals surface area contributed by atoms with E-state index in [0.717, 1.165) is 0 Å². The Bertz CT molecular complexity index is 49.0. The van der Waals surface area contributed by atoms with Crippen molar-refractivity contribution in [1.29, 1.82) is 0 Å². The van der Waals surface area contributed by atoms with Gasteiger partial charge in [-0.15, -0.1) is 0 Å². The lowest BCUT2D eigenvalue weighted by molar-refractivity contribution is -0.457. The van der Waals surface area contributed by atoms with Crippen molar-refractivity contribution >= 4 is 6.21 Å². The van der Waals surface area contributed by atoms with E-state index in [4.69, 9.17) is 0 Å². The molecule has 0 aromatic carbocycles. The average molecular weight is 89.1 g/mol. The van der Waals surface area contributed by atoms with Crippen LogP contribution in [-0.4, -0.2) is 12.8 Å². The summed E-state index contributed by atoms with van der Waals surface area (Å²) < 4.78 is 0. The minimum atomic E-state index is 1.19. The summed E-state index contributed by atoms with van der Waals surface area (Å²) in [5, 5.41) is 0. The van der Waals surface area contributed by atoms with Crippen molar-refractivity contribution in [1.82, 2.24) is 0 Å². The Balaban J connectivity index is 2.26. The third-order valence-corrected chi connectivity index (χ3v) is 1.06. The third kappa shape index (κ3) is 0.814. The van der Waals surface area contributed by atoms with Crippen molar-refractivity contribution < 1.29 is 4.99 Å². The summed E-state index contributed by atoms with van der Waals surface area (Å²) in [6.07, 6.45) is 6.15. The van der Waals surface area contributed by atoms with Crippen molar-refractivity contribution in [3.63, 3.8) is 0 Å². The second kappa shape index (κ2) is 1.96. The van der Waals surface area contributed by atoms with Crippen LogP contribution in [0.15, 0.2) is 0 Å². The molecule has 1 rings (SSSR count). The van der Waals surface area contributed by atoms with Crippen LogP contribution in [0.5, 0.6) is 0 Å². The van der Waals surface area contributed by atoms with Crippen LogP contribution < -0.4 is 4.99 Å². The molecule has 1 aliphatic heterocycles. The molecule has 1 aliphatic rings. The quantitative estimate of drug-likeness (QED) is 0.298. The molecule has 1 heterocycles. The van der Waals surface area contributed by atoms with E-state index in [2.05, 4.69) is 11.2 Å². The Hall–Kier alpha value is -0.330. The van der Waals surface area contributed by atoms with E-state index >= 15 is 0 Å². The highest BCUT2D eigenvalue weighted by Crippen LogP contribution is 1.88. The summed E-state index contributed by atoms with van der Waals surface area (Å²) in [7, 11) is 0. The molecular formula is C5H10N+. The van der Waals surface area contributed by atoms with Gasteiger partial charge in [0, 0.05) is 12.8 Å². The fourth-order valence-corrected chi connectivity index (χ4v) is 0.678. The zero-order chi connectivity index (χ0) is 4.24. The van der Waals surface area contributed by atoms with E-state index in [1.54, 1.807) is 0 Å². The second-order valence-electron chi connectivity index (χ2n) is 1.65. The lowest BCUT2D eigenvalue weighted by Gasteiger charge is -1.91. The van der Waals surface area contributed by atoms with Gasteiger partial charge in [0.05, 0.1) is 0 Å². The zero-order valence-electron chi connectivity index (χ0n) is 3.91. The Morgan fingerprint density at radius 1 is 1.33 bits per heavy atom. The monoisotopic (exact) mass is 89.1 g/mol. The summed E-state index contributed by atoms with van der Waals surface area (Å²) in [6.45, 7) is 1.19. The van der Waals surface area contributed by atoms with Crippen molar-refractivity contribution in [2.24, 2.45) is 0 Å². The van der Waals surface area contributed by atoms with Crippen LogP contribution in [0, 0.1) is 0 Å². The van der Waals surface area contributed by atoms with Gasteiger partial charge in [0.2, 0.25) is 0 Å². The first-order chi connectivity index (χ1) is 3.00. The second-order valence-corrected chi connectivity index (χ2v) is 1.65. The molecule has 6 heavy (non-hydrogen) atoms. The van der Waals surface area contributed by atoms with Gasteiger partial charge in [-0.2, -0.15) is 0 Å². The SMILES string of the molecule is C1=[15NH+][13CH2][13CH2][13CH2][13CH2]1. The Morgan fingerprint density at radius 3 is 2.50 bits per heavy atom. The summed E-state index contributed by atoms with van der Waals surface area (Å²) in [5.74, 6) is 0. The standard InChI is InChI=1S/C5H9N/c1-2-4-6-5-3-1/h4H,1-3,5H2/p+1/i1+1,2+1,3+1,5+1,6+1. The van der Waals surface area contributed by atoms with Crippen LogP contribution in [-0.2, 0) is 0 Å². The molecule has 0 aliphatic carbocycles. The molecule has 34 valence electrons. The van der Waals surface area contributed by atoms with Crippen molar-refractivity contribution in [2.75, 3.05) is 6.54 Å². The van der Waals surface area contributed by atoms with Gasteiger partial charge in [-0.25, -0.2) is 0 Å². The van der Waals surface area contributed by atoms with Gasteiger partial charge in [-0.05, 0) is 6.42 Å². The predicted octanol–water partition coefficient (Wildman–Crippen LogP) is -0.678. The van der Waals surface area contributed by atoms with E-state index in [9.17, 15) is 0 Å². The van der Waals surface area contributed by atoms with Gasteiger partial charge >= 0.3 is 0 Å². The Labute approximate surface area is 38.1 Å². The highest BCUT2D eigenvalue weighted by molar-refractivity contribution is 5.50. The lowest BCUT2D eigenvalue weighted by Crippen LogP contribution is -2.70.